The molecule has 21 heavy (non-hydrogen) atoms. The van der Waals surface area contributed by atoms with Gasteiger partial charge in [0.25, 0.3) is 0 Å². The highest BCUT2D eigenvalue weighted by Gasteiger charge is 2.26. The van der Waals surface area contributed by atoms with Gasteiger partial charge in [-0.2, -0.15) is 0 Å². The molecule has 0 aromatic heterocycles. The third kappa shape index (κ3) is 2.70. The Hall–Kier alpha value is -2.49. The number of fused-ring (bicyclic) bond motifs is 2. The smallest absolute Gasteiger partial charge is 0.387 e. The molecule has 0 saturated heterocycles. The van der Waals surface area contributed by atoms with Crippen LogP contribution in [0, 0.1) is 13.8 Å². The molecule has 0 saturated carbocycles. The van der Waals surface area contributed by atoms with Crippen molar-refractivity contribution in [3.05, 3.63) is 58.7 Å². The second-order valence-electron chi connectivity index (χ2n) is 5.30. The Kier molecular flexibility index (Phi) is 3.29. The van der Waals surface area contributed by atoms with Gasteiger partial charge < -0.3 is 14.6 Å². The molecule has 4 nitrogen and oxygen atoms in total. The maximum absolute atomic E-state index is 11.4. The molecule has 0 radical (unpaired) electrons. The average molecular weight is 284 g/mol. The zero-order chi connectivity index (χ0) is 15.0. The Bertz CT molecular complexity index is 652. The zero-order valence-electron chi connectivity index (χ0n) is 11.9. The van der Waals surface area contributed by atoms with Crippen LogP contribution in [0.25, 0.3) is 0 Å². The van der Waals surface area contributed by atoms with E-state index in [0.29, 0.717) is 17.9 Å². The molecule has 2 aromatic carbocycles. The van der Waals surface area contributed by atoms with Crippen molar-refractivity contribution in [2.45, 2.75) is 26.6 Å². The van der Waals surface area contributed by atoms with Gasteiger partial charge in [-0.05, 0) is 48.2 Å². The fourth-order valence-electron chi connectivity index (χ4n) is 2.40. The summed E-state index contributed by atoms with van der Waals surface area (Å²) in [5, 5.41) is 9.29. The van der Waals surface area contributed by atoms with Gasteiger partial charge in [-0.15, -0.1) is 0 Å². The van der Waals surface area contributed by atoms with Crippen molar-refractivity contribution in [3.63, 3.8) is 0 Å². The second kappa shape index (κ2) is 5.13. The summed E-state index contributed by atoms with van der Waals surface area (Å²) in [4.78, 5) is 11.4. The molecule has 1 N–H and O–H groups in total. The molecule has 1 heterocycles. The molecular formula is C17H16O4. The predicted molar refractivity (Wildman–Crippen MR) is 77.8 cm³/mol. The summed E-state index contributed by atoms with van der Waals surface area (Å²) in [6.45, 7) is 3.88. The van der Waals surface area contributed by atoms with Crippen LogP contribution < -0.4 is 9.47 Å². The molecular weight excluding hydrogens is 268 g/mol. The summed E-state index contributed by atoms with van der Waals surface area (Å²) in [5.41, 5.74) is 3.95. The van der Waals surface area contributed by atoms with Gasteiger partial charge in [-0.25, -0.2) is 4.79 Å². The van der Waals surface area contributed by atoms with E-state index in [1.54, 1.807) is 0 Å². The van der Waals surface area contributed by atoms with Gasteiger partial charge >= 0.3 is 12.3 Å². The van der Waals surface area contributed by atoms with Crippen LogP contribution in [0.5, 0.6) is 11.5 Å². The van der Waals surface area contributed by atoms with Crippen molar-refractivity contribution in [1.82, 2.24) is 0 Å². The molecule has 4 heteroatoms. The zero-order valence-corrected chi connectivity index (χ0v) is 11.9. The van der Waals surface area contributed by atoms with E-state index < -0.39 is 12.3 Å². The number of aryl methyl sites for hydroxylation is 2. The standard InChI is InChI=1S/C17H16O4/c1-10-3-5-12-9-13-6-4-11(2)8-15(13)21-17(16(18)19)20-14(12)7-10/h3-8,17H,9H2,1-2H3,(H,18,19). The highest BCUT2D eigenvalue weighted by molar-refractivity contribution is 5.72. The topological polar surface area (TPSA) is 55.8 Å². The number of rotatable bonds is 1. The molecule has 0 atom stereocenters. The van der Waals surface area contributed by atoms with Crippen LogP contribution in [0.3, 0.4) is 0 Å². The van der Waals surface area contributed by atoms with Gasteiger partial charge in [0.2, 0.25) is 0 Å². The molecule has 0 spiro atoms. The summed E-state index contributed by atoms with van der Waals surface area (Å²) < 4.78 is 11.1. The summed E-state index contributed by atoms with van der Waals surface area (Å²) in [6, 6.07) is 11.6. The maximum atomic E-state index is 11.4. The van der Waals surface area contributed by atoms with Gasteiger partial charge in [0.15, 0.2) is 0 Å². The van der Waals surface area contributed by atoms with E-state index in [1.165, 1.54) is 0 Å². The van der Waals surface area contributed by atoms with E-state index in [2.05, 4.69) is 0 Å². The molecule has 1 aliphatic heterocycles. The van der Waals surface area contributed by atoms with Crippen LogP contribution >= 0.6 is 0 Å². The lowest BCUT2D eigenvalue weighted by Crippen LogP contribution is -2.34. The Labute approximate surface area is 122 Å². The summed E-state index contributed by atoms with van der Waals surface area (Å²) in [7, 11) is 0. The molecule has 0 unspecified atom stereocenters. The number of benzene rings is 2. The molecule has 0 bridgehead atoms. The van der Waals surface area contributed by atoms with E-state index in [4.69, 9.17) is 9.47 Å². The van der Waals surface area contributed by atoms with E-state index >= 15 is 0 Å². The lowest BCUT2D eigenvalue weighted by atomic mass is 10.00. The fourth-order valence-corrected chi connectivity index (χ4v) is 2.40. The van der Waals surface area contributed by atoms with Crippen molar-refractivity contribution in [3.8, 4) is 11.5 Å². The third-order valence-corrected chi connectivity index (χ3v) is 3.50. The van der Waals surface area contributed by atoms with Gasteiger partial charge in [0, 0.05) is 6.42 Å². The molecule has 2 aromatic rings. The minimum Gasteiger partial charge on any atom is -0.476 e. The SMILES string of the molecule is Cc1ccc2c(c1)OC(C(=O)O)Oc1cc(C)ccc1C2. The summed E-state index contributed by atoms with van der Waals surface area (Å²) in [5.74, 6) is -0.0148. The molecule has 0 fully saturated rings. The fraction of sp³-hybridized carbons (Fsp3) is 0.235. The van der Waals surface area contributed by atoms with Crippen molar-refractivity contribution in [2.75, 3.05) is 0 Å². The Morgan fingerprint density at radius 1 is 1.00 bits per heavy atom. The first-order chi connectivity index (χ1) is 10.0. The van der Waals surface area contributed by atoms with Gasteiger partial charge in [-0.3, -0.25) is 0 Å². The van der Waals surface area contributed by atoms with Crippen LogP contribution in [0.2, 0.25) is 0 Å². The molecule has 3 rings (SSSR count). The lowest BCUT2D eigenvalue weighted by molar-refractivity contribution is -0.158. The van der Waals surface area contributed by atoms with E-state index in [0.717, 1.165) is 22.3 Å². The van der Waals surface area contributed by atoms with Crippen LogP contribution in [0.15, 0.2) is 36.4 Å². The Balaban J connectivity index is 2.12. The number of aliphatic carboxylic acids is 1. The largest absolute Gasteiger partial charge is 0.476 e. The molecule has 0 amide bonds. The summed E-state index contributed by atoms with van der Waals surface area (Å²) in [6.07, 6.45) is -0.691. The van der Waals surface area contributed by atoms with Crippen LogP contribution in [0.1, 0.15) is 22.3 Å². The minimum atomic E-state index is -1.34. The first kappa shape index (κ1) is 13.5. The first-order valence-corrected chi connectivity index (χ1v) is 6.78. The molecule has 108 valence electrons. The van der Waals surface area contributed by atoms with E-state index in [9.17, 15) is 9.90 Å². The highest BCUT2D eigenvalue weighted by Crippen LogP contribution is 2.32. The van der Waals surface area contributed by atoms with Crippen molar-refractivity contribution < 1.29 is 19.4 Å². The molecule has 1 aliphatic rings. The highest BCUT2D eigenvalue weighted by atomic mass is 16.7. The van der Waals surface area contributed by atoms with E-state index in [-0.39, 0.29) is 0 Å². The van der Waals surface area contributed by atoms with Gasteiger partial charge in [0.1, 0.15) is 11.5 Å². The molecule has 0 aliphatic carbocycles. The van der Waals surface area contributed by atoms with Gasteiger partial charge in [-0.1, -0.05) is 24.3 Å². The quantitative estimate of drug-likeness (QED) is 0.874. The number of ether oxygens (including phenoxy) is 2. The number of carbonyl (C=O) groups is 1. The number of carboxylic acids is 1. The first-order valence-electron chi connectivity index (χ1n) is 6.78. The third-order valence-electron chi connectivity index (χ3n) is 3.50. The second-order valence-corrected chi connectivity index (χ2v) is 5.30. The van der Waals surface area contributed by atoms with Crippen molar-refractivity contribution in [1.29, 1.82) is 0 Å². The number of hydrogen-bond acceptors (Lipinski definition) is 3. The Morgan fingerprint density at radius 2 is 1.48 bits per heavy atom. The van der Waals surface area contributed by atoms with Crippen LogP contribution in [0.4, 0.5) is 0 Å². The predicted octanol–water partition coefficient (Wildman–Crippen LogP) is 3.08. The van der Waals surface area contributed by atoms with Crippen LogP contribution in [-0.2, 0) is 11.2 Å². The normalized spacial score (nSPS) is 14.0. The minimum absolute atomic E-state index is 0.564. The van der Waals surface area contributed by atoms with Crippen LogP contribution in [-0.4, -0.2) is 17.4 Å². The van der Waals surface area contributed by atoms with Crippen molar-refractivity contribution in [2.24, 2.45) is 0 Å². The average Bonchev–Trinajstić information content (AvgIpc) is 2.41. The monoisotopic (exact) mass is 284 g/mol. The Morgan fingerprint density at radius 3 is 1.90 bits per heavy atom. The number of hydrogen-bond donors (Lipinski definition) is 1. The van der Waals surface area contributed by atoms with E-state index in [1.807, 2.05) is 50.2 Å². The maximum Gasteiger partial charge on any atom is 0.387 e. The lowest BCUT2D eigenvalue weighted by Gasteiger charge is -2.24. The summed E-state index contributed by atoms with van der Waals surface area (Å²) >= 11 is 0. The van der Waals surface area contributed by atoms with Gasteiger partial charge in [0.05, 0.1) is 0 Å². The number of carboxylic acid groups (broad SMARTS) is 1. The van der Waals surface area contributed by atoms with Crippen molar-refractivity contribution >= 4 is 5.97 Å².